The second-order valence-corrected chi connectivity index (χ2v) is 7.88. The molecule has 2 aromatic rings. The molecule has 0 atom stereocenters. The minimum Gasteiger partial charge on any atom is -0.465 e. The van der Waals surface area contributed by atoms with E-state index in [1.165, 1.54) is 18.4 Å². The number of rotatable bonds is 3. The van der Waals surface area contributed by atoms with Gasteiger partial charge in [0.05, 0.1) is 28.8 Å². The molecule has 24 heavy (non-hydrogen) atoms. The molecule has 1 aliphatic rings. The quantitative estimate of drug-likeness (QED) is 0.486. The van der Waals surface area contributed by atoms with Crippen molar-refractivity contribution in [3.05, 3.63) is 28.6 Å². The monoisotopic (exact) mass is 346 g/mol. The maximum atomic E-state index is 12.1. The molecule has 0 unspecified atom stereocenters. The number of ether oxygens (including phenoxy) is 1. The van der Waals surface area contributed by atoms with E-state index in [1.54, 1.807) is 0 Å². The summed E-state index contributed by atoms with van der Waals surface area (Å²) in [5.74, 6) is -0.519. The lowest BCUT2D eigenvalue weighted by molar-refractivity contribution is 0.00578. The summed E-state index contributed by atoms with van der Waals surface area (Å²) in [4.78, 5) is 23.7. The first-order valence-electron chi connectivity index (χ1n) is 7.66. The van der Waals surface area contributed by atoms with E-state index < -0.39 is 24.3 Å². The molecule has 7 heteroatoms. The summed E-state index contributed by atoms with van der Waals surface area (Å²) < 4.78 is 17.8. The van der Waals surface area contributed by atoms with Gasteiger partial charge in [-0.05, 0) is 39.2 Å². The Balaban J connectivity index is 2.09. The standard InChI is InChI=1S/C17H19BO5S/c1-16(2)17(3,4)23-18(22-16)10-6-7-12-11(8-10)14(15(20)21-5)13(9-19)24-12/h6-9H,1-5H3. The van der Waals surface area contributed by atoms with Crippen LogP contribution in [0, 0.1) is 0 Å². The number of esters is 1. The Kier molecular flexibility index (Phi) is 4.06. The van der Waals surface area contributed by atoms with Crippen molar-refractivity contribution in [2.24, 2.45) is 0 Å². The zero-order chi connectivity index (χ0) is 17.7. The molecule has 0 saturated carbocycles. The van der Waals surface area contributed by atoms with E-state index in [-0.39, 0.29) is 0 Å². The zero-order valence-electron chi connectivity index (χ0n) is 14.3. The summed E-state index contributed by atoms with van der Waals surface area (Å²) in [6, 6.07) is 5.61. The predicted molar refractivity (Wildman–Crippen MR) is 94.3 cm³/mol. The van der Waals surface area contributed by atoms with E-state index >= 15 is 0 Å². The molecule has 0 aliphatic carbocycles. The molecule has 1 aromatic heterocycles. The second kappa shape index (κ2) is 5.69. The summed E-state index contributed by atoms with van der Waals surface area (Å²) in [5, 5.41) is 0.682. The number of methoxy groups -OCH3 is 1. The van der Waals surface area contributed by atoms with Crippen LogP contribution in [0.25, 0.3) is 10.1 Å². The third-order valence-electron chi connectivity index (χ3n) is 4.76. The van der Waals surface area contributed by atoms with Crippen LogP contribution in [0.1, 0.15) is 47.7 Å². The molecular formula is C17H19BO5S. The minimum absolute atomic E-state index is 0.297. The van der Waals surface area contributed by atoms with E-state index in [9.17, 15) is 9.59 Å². The van der Waals surface area contributed by atoms with E-state index in [4.69, 9.17) is 14.0 Å². The highest BCUT2D eigenvalue weighted by Crippen LogP contribution is 2.37. The predicted octanol–water partition coefficient (Wildman–Crippen LogP) is 2.80. The summed E-state index contributed by atoms with van der Waals surface area (Å²) in [5.41, 5.74) is 0.216. The van der Waals surface area contributed by atoms with Gasteiger partial charge in [-0.2, -0.15) is 0 Å². The van der Waals surface area contributed by atoms with Crippen LogP contribution in [0.5, 0.6) is 0 Å². The van der Waals surface area contributed by atoms with Crippen LogP contribution in [0.3, 0.4) is 0 Å². The molecule has 0 spiro atoms. The number of carbonyl (C=O) groups is 2. The van der Waals surface area contributed by atoms with Gasteiger partial charge in [0.2, 0.25) is 0 Å². The fourth-order valence-corrected chi connectivity index (χ4v) is 3.64. The topological polar surface area (TPSA) is 61.8 Å². The molecule has 3 rings (SSSR count). The molecule has 126 valence electrons. The third-order valence-corrected chi connectivity index (χ3v) is 5.86. The summed E-state index contributed by atoms with van der Waals surface area (Å²) >= 11 is 1.27. The molecular weight excluding hydrogens is 327 g/mol. The normalized spacial score (nSPS) is 18.8. The Morgan fingerprint density at radius 2 is 1.83 bits per heavy atom. The first-order chi connectivity index (χ1) is 11.2. The van der Waals surface area contributed by atoms with E-state index in [2.05, 4.69) is 0 Å². The van der Waals surface area contributed by atoms with Gasteiger partial charge in [0.1, 0.15) is 0 Å². The van der Waals surface area contributed by atoms with E-state index in [0.29, 0.717) is 22.1 Å². The van der Waals surface area contributed by atoms with Crippen molar-refractivity contribution in [1.82, 2.24) is 0 Å². The highest BCUT2D eigenvalue weighted by Gasteiger charge is 2.51. The van der Waals surface area contributed by atoms with Gasteiger partial charge < -0.3 is 14.0 Å². The largest absolute Gasteiger partial charge is 0.494 e. The lowest BCUT2D eigenvalue weighted by atomic mass is 9.78. The Morgan fingerprint density at radius 1 is 1.21 bits per heavy atom. The molecule has 5 nitrogen and oxygen atoms in total. The number of hydrogen-bond acceptors (Lipinski definition) is 6. The molecule has 1 fully saturated rings. The fraction of sp³-hybridized carbons (Fsp3) is 0.412. The van der Waals surface area contributed by atoms with E-state index in [1.807, 2.05) is 45.9 Å². The van der Waals surface area contributed by atoms with Gasteiger partial charge in [0, 0.05) is 10.1 Å². The van der Waals surface area contributed by atoms with Crippen molar-refractivity contribution in [3.63, 3.8) is 0 Å². The second-order valence-electron chi connectivity index (χ2n) is 6.79. The lowest BCUT2D eigenvalue weighted by Gasteiger charge is -2.32. The molecule has 1 aliphatic heterocycles. The lowest BCUT2D eigenvalue weighted by Crippen LogP contribution is -2.41. The van der Waals surface area contributed by atoms with Crippen LogP contribution in [0.15, 0.2) is 18.2 Å². The number of fused-ring (bicyclic) bond motifs is 1. The van der Waals surface area contributed by atoms with Gasteiger partial charge >= 0.3 is 13.1 Å². The number of aldehydes is 1. The van der Waals surface area contributed by atoms with Gasteiger partial charge in [-0.15, -0.1) is 11.3 Å². The van der Waals surface area contributed by atoms with Crippen LogP contribution in [0.4, 0.5) is 0 Å². The highest BCUT2D eigenvalue weighted by molar-refractivity contribution is 7.21. The van der Waals surface area contributed by atoms with Crippen LogP contribution in [-0.4, -0.2) is 37.7 Å². The SMILES string of the molecule is COC(=O)c1c(C=O)sc2ccc(B3OC(C)(C)C(C)(C)O3)cc12. The van der Waals surface area contributed by atoms with Crippen molar-refractivity contribution in [2.45, 2.75) is 38.9 Å². The third kappa shape index (κ3) is 2.57. The Labute approximate surface area is 145 Å². The summed E-state index contributed by atoms with van der Waals surface area (Å²) in [7, 11) is 0.780. The summed E-state index contributed by atoms with van der Waals surface area (Å²) in [6.45, 7) is 7.95. The maximum absolute atomic E-state index is 12.1. The van der Waals surface area contributed by atoms with Gasteiger partial charge in [-0.1, -0.05) is 12.1 Å². The van der Waals surface area contributed by atoms with Crippen molar-refractivity contribution < 1.29 is 23.6 Å². The Bertz CT molecular complexity index is 808. The summed E-state index contributed by atoms with van der Waals surface area (Å²) in [6.07, 6.45) is 0.686. The van der Waals surface area contributed by atoms with Crippen molar-refractivity contribution in [1.29, 1.82) is 0 Å². The Morgan fingerprint density at radius 3 is 2.38 bits per heavy atom. The van der Waals surface area contributed by atoms with Crippen molar-refractivity contribution in [3.8, 4) is 0 Å². The molecule has 0 bridgehead atoms. The molecule has 2 heterocycles. The zero-order valence-corrected chi connectivity index (χ0v) is 15.2. The number of hydrogen-bond donors (Lipinski definition) is 0. The van der Waals surface area contributed by atoms with Gasteiger partial charge in [0.15, 0.2) is 6.29 Å². The van der Waals surface area contributed by atoms with Gasteiger partial charge in [-0.3, -0.25) is 4.79 Å². The van der Waals surface area contributed by atoms with E-state index in [0.717, 1.165) is 10.2 Å². The number of thiophene rings is 1. The van der Waals surface area contributed by atoms with Crippen LogP contribution < -0.4 is 5.46 Å². The molecule has 1 saturated heterocycles. The Hall–Kier alpha value is -1.70. The molecule has 0 N–H and O–H groups in total. The number of carbonyl (C=O) groups excluding carboxylic acids is 2. The first kappa shape index (κ1) is 17.1. The van der Waals surface area contributed by atoms with Crippen LogP contribution >= 0.6 is 11.3 Å². The molecule has 1 aromatic carbocycles. The van der Waals surface area contributed by atoms with Crippen molar-refractivity contribution in [2.75, 3.05) is 7.11 Å². The first-order valence-corrected chi connectivity index (χ1v) is 8.47. The highest BCUT2D eigenvalue weighted by atomic mass is 32.1. The maximum Gasteiger partial charge on any atom is 0.494 e. The molecule has 0 amide bonds. The minimum atomic E-state index is -0.524. The molecule has 0 radical (unpaired) electrons. The van der Waals surface area contributed by atoms with Crippen LogP contribution in [0.2, 0.25) is 0 Å². The average Bonchev–Trinajstić information content (AvgIpc) is 3.00. The average molecular weight is 346 g/mol. The van der Waals surface area contributed by atoms with Crippen molar-refractivity contribution >= 4 is 46.3 Å². The fourth-order valence-electron chi connectivity index (χ4n) is 2.66. The number of benzene rings is 1. The van der Waals surface area contributed by atoms with Gasteiger partial charge in [-0.25, -0.2) is 4.79 Å². The smallest absolute Gasteiger partial charge is 0.465 e. The van der Waals surface area contributed by atoms with Gasteiger partial charge in [0.25, 0.3) is 0 Å². The van der Waals surface area contributed by atoms with Crippen LogP contribution in [-0.2, 0) is 14.0 Å².